The SMILES string of the molecule is Cc1noc(C)c1-c1cc(NCCc2ccccc2)c2nc[nH]c2c1. The van der Waals surface area contributed by atoms with E-state index in [1.165, 1.54) is 5.56 Å². The van der Waals surface area contributed by atoms with Crippen LogP contribution in [0.3, 0.4) is 0 Å². The predicted molar refractivity (Wildman–Crippen MR) is 99.7 cm³/mol. The molecule has 0 fully saturated rings. The minimum absolute atomic E-state index is 0.826. The van der Waals surface area contributed by atoms with Crippen LogP contribution in [0.4, 0.5) is 5.69 Å². The first-order valence-corrected chi connectivity index (χ1v) is 8.40. The van der Waals surface area contributed by atoms with E-state index in [4.69, 9.17) is 4.52 Å². The Hall–Kier alpha value is -3.08. The summed E-state index contributed by atoms with van der Waals surface area (Å²) in [4.78, 5) is 7.66. The van der Waals surface area contributed by atoms with E-state index in [2.05, 4.69) is 56.8 Å². The van der Waals surface area contributed by atoms with Crippen LogP contribution in [0.15, 0.2) is 53.3 Å². The highest BCUT2D eigenvalue weighted by Crippen LogP contribution is 2.32. The molecule has 25 heavy (non-hydrogen) atoms. The van der Waals surface area contributed by atoms with E-state index in [0.717, 1.165) is 52.3 Å². The number of aryl methyl sites for hydroxylation is 2. The summed E-state index contributed by atoms with van der Waals surface area (Å²) in [5.41, 5.74) is 7.30. The monoisotopic (exact) mass is 332 g/mol. The first-order chi connectivity index (χ1) is 12.2. The number of fused-ring (bicyclic) bond motifs is 1. The van der Waals surface area contributed by atoms with Crippen molar-refractivity contribution in [3.8, 4) is 11.1 Å². The molecule has 5 nitrogen and oxygen atoms in total. The highest BCUT2D eigenvalue weighted by molar-refractivity contribution is 5.93. The zero-order valence-electron chi connectivity index (χ0n) is 14.3. The smallest absolute Gasteiger partial charge is 0.141 e. The number of rotatable bonds is 5. The maximum atomic E-state index is 5.33. The first kappa shape index (κ1) is 15.4. The number of anilines is 1. The van der Waals surface area contributed by atoms with Crippen LogP contribution in [-0.2, 0) is 6.42 Å². The maximum absolute atomic E-state index is 5.33. The molecule has 0 saturated carbocycles. The summed E-state index contributed by atoms with van der Waals surface area (Å²) in [5, 5.41) is 7.60. The van der Waals surface area contributed by atoms with Gasteiger partial charge in [0.2, 0.25) is 0 Å². The van der Waals surface area contributed by atoms with Gasteiger partial charge < -0.3 is 14.8 Å². The lowest BCUT2D eigenvalue weighted by molar-refractivity contribution is 0.393. The number of hydrogen-bond donors (Lipinski definition) is 2. The van der Waals surface area contributed by atoms with Crippen LogP contribution in [-0.4, -0.2) is 21.7 Å². The minimum Gasteiger partial charge on any atom is -0.383 e. The molecule has 4 rings (SSSR count). The zero-order valence-corrected chi connectivity index (χ0v) is 14.3. The summed E-state index contributed by atoms with van der Waals surface area (Å²) in [7, 11) is 0. The van der Waals surface area contributed by atoms with Crippen molar-refractivity contribution in [3.63, 3.8) is 0 Å². The van der Waals surface area contributed by atoms with E-state index >= 15 is 0 Å². The summed E-state index contributed by atoms with van der Waals surface area (Å²) in [5.74, 6) is 0.826. The molecule has 4 aromatic rings. The van der Waals surface area contributed by atoms with E-state index in [9.17, 15) is 0 Å². The minimum atomic E-state index is 0.826. The molecule has 2 heterocycles. The Balaban J connectivity index is 1.65. The molecule has 2 N–H and O–H groups in total. The molecule has 2 aromatic heterocycles. The lowest BCUT2D eigenvalue weighted by atomic mass is 10.0. The standard InChI is InChI=1S/C20H20N4O/c1-13-19(14(2)25-24-13)16-10-17(20-18(11-16)22-12-23-20)21-9-8-15-6-4-3-5-7-15/h3-7,10-12,21H,8-9H2,1-2H3,(H,22,23). The van der Waals surface area contributed by atoms with Gasteiger partial charge in [-0.05, 0) is 43.5 Å². The van der Waals surface area contributed by atoms with Crippen LogP contribution in [0.1, 0.15) is 17.0 Å². The van der Waals surface area contributed by atoms with Crippen LogP contribution in [0.5, 0.6) is 0 Å². The number of H-pyrrole nitrogens is 1. The van der Waals surface area contributed by atoms with E-state index in [1.54, 1.807) is 6.33 Å². The number of nitrogens with zero attached hydrogens (tertiary/aromatic N) is 2. The maximum Gasteiger partial charge on any atom is 0.141 e. The Morgan fingerprint density at radius 2 is 1.96 bits per heavy atom. The second kappa shape index (κ2) is 6.43. The Morgan fingerprint density at radius 1 is 1.12 bits per heavy atom. The molecule has 0 aliphatic rings. The number of aromatic amines is 1. The molecule has 0 bridgehead atoms. The van der Waals surface area contributed by atoms with Gasteiger partial charge in [0, 0.05) is 12.1 Å². The van der Waals surface area contributed by atoms with E-state index < -0.39 is 0 Å². The van der Waals surface area contributed by atoms with Crippen LogP contribution < -0.4 is 5.32 Å². The van der Waals surface area contributed by atoms with Gasteiger partial charge >= 0.3 is 0 Å². The zero-order chi connectivity index (χ0) is 17.2. The molecule has 126 valence electrons. The molecular weight excluding hydrogens is 312 g/mol. The average molecular weight is 332 g/mol. The summed E-state index contributed by atoms with van der Waals surface area (Å²) in [6.45, 7) is 4.75. The van der Waals surface area contributed by atoms with Gasteiger partial charge in [-0.1, -0.05) is 35.5 Å². The third-order valence-corrected chi connectivity index (χ3v) is 4.42. The summed E-state index contributed by atoms with van der Waals surface area (Å²) < 4.78 is 5.33. The number of imidazole rings is 1. The summed E-state index contributed by atoms with van der Waals surface area (Å²) in [6.07, 6.45) is 2.69. The van der Waals surface area contributed by atoms with Crippen molar-refractivity contribution in [2.75, 3.05) is 11.9 Å². The molecule has 5 heteroatoms. The Morgan fingerprint density at radius 3 is 2.72 bits per heavy atom. The molecule has 0 amide bonds. The van der Waals surface area contributed by atoms with Crippen molar-refractivity contribution in [3.05, 3.63) is 65.8 Å². The van der Waals surface area contributed by atoms with Crippen molar-refractivity contribution in [2.45, 2.75) is 20.3 Å². The van der Waals surface area contributed by atoms with Gasteiger partial charge in [-0.3, -0.25) is 0 Å². The largest absolute Gasteiger partial charge is 0.383 e. The third-order valence-electron chi connectivity index (χ3n) is 4.42. The predicted octanol–water partition coefficient (Wildman–Crippen LogP) is 4.49. The van der Waals surface area contributed by atoms with Gasteiger partial charge in [-0.15, -0.1) is 0 Å². The summed E-state index contributed by atoms with van der Waals surface area (Å²) in [6, 6.07) is 14.7. The van der Waals surface area contributed by atoms with Gasteiger partial charge in [-0.25, -0.2) is 4.98 Å². The Bertz CT molecular complexity index is 982. The Kier molecular flexibility index (Phi) is 3.98. The fourth-order valence-corrected chi connectivity index (χ4v) is 3.21. The number of hydrogen-bond acceptors (Lipinski definition) is 4. The molecule has 0 aliphatic heterocycles. The summed E-state index contributed by atoms with van der Waals surface area (Å²) >= 11 is 0. The van der Waals surface area contributed by atoms with Crippen LogP contribution in [0, 0.1) is 13.8 Å². The van der Waals surface area contributed by atoms with Gasteiger partial charge in [0.25, 0.3) is 0 Å². The molecule has 0 spiro atoms. The van der Waals surface area contributed by atoms with Crippen LogP contribution in [0.25, 0.3) is 22.2 Å². The number of nitrogens with one attached hydrogen (secondary N) is 2. The van der Waals surface area contributed by atoms with Crippen LogP contribution >= 0.6 is 0 Å². The molecule has 0 saturated heterocycles. The van der Waals surface area contributed by atoms with Crippen molar-refractivity contribution < 1.29 is 4.52 Å². The molecule has 2 aromatic carbocycles. The molecule has 0 radical (unpaired) electrons. The average Bonchev–Trinajstić information content (AvgIpc) is 3.22. The highest BCUT2D eigenvalue weighted by Gasteiger charge is 2.15. The number of aromatic nitrogens is 3. The number of benzene rings is 2. The molecular formula is C20H20N4O. The second-order valence-corrected chi connectivity index (χ2v) is 6.18. The Labute approximate surface area is 146 Å². The fourth-order valence-electron chi connectivity index (χ4n) is 3.21. The van der Waals surface area contributed by atoms with Crippen molar-refractivity contribution in [2.24, 2.45) is 0 Å². The lowest BCUT2D eigenvalue weighted by Gasteiger charge is -2.10. The van der Waals surface area contributed by atoms with Crippen molar-refractivity contribution in [1.82, 2.24) is 15.1 Å². The van der Waals surface area contributed by atoms with E-state index in [-0.39, 0.29) is 0 Å². The van der Waals surface area contributed by atoms with Gasteiger partial charge in [0.05, 0.1) is 23.2 Å². The molecule has 0 aliphatic carbocycles. The highest BCUT2D eigenvalue weighted by atomic mass is 16.5. The molecule has 0 atom stereocenters. The van der Waals surface area contributed by atoms with Crippen LogP contribution in [0.2, 0.25) is 0 Å². The van der Waals surface area contributed by atoms with Gasteiger partial charge in [-0.2, -0.15) is 0 Å². The van der Waals surface area contributed by atoms with Crippen molar-refractivity contribution in [1.29, 1.82) is 0 Å². The first-order valence-electron chi connectivity index (χ1n) is 8.40. The van der Waals surface area contributed by atoms with Gasteiger partial charge in [0.15, 0.2) is 0 Å². The topological polar surface area (TPSA) is 66.7 Å². The van der Waals surface area contributed by atoms with E-state index in [1.807, 2.05) is 19.9 Å². The third kappa shape index (κ3) is 3.01. The molecule has 0 unspecified atom stereocenters. The van der Waals surface area contributed by atoms with Gasteiger partial charge in [0.1, 0.15) is 11.3 Å². The second-order valence-electron chi connectivity index (χ2n) is 6.18. The van der Waals surface area contributed by atoms with E-state index in [0.29, 0.717) is 0 Å². The van der Waals surface area contributed by atoms with Crippen molar-refractivity contribution >= 4 is 16.7 Å². The normalized spacial score (nSPS) is 11.1. The quantitative estimate of drug-likeness (QED) is 0.565. The lowest BCUT2D eigenvalue weighted by Crippen LogP contribution is -2.05. The fraction of sp³-hybridized carbons (Fsp3) is 0.200.